The summed E-state index contributed by atoms with van der Waals surface area (Å²) >= 11 is 1.18. The molecule has 1 aromatic heterocycles. The van der Waals surface area contributed by atoms with Crippen molar-refractivity contribution in [3.05, 3.63) is 51.4 Å². The molecular weight excluding hydrogens is 314 g/mol. The second kappa shape index (κ2) is 7.94. The lowest BCUT2D eigenvalue weighted by molar-refractivity contribution is -0.113. The van der Waals surface area contributed by atoms with Gasteiger partial charge in [-0.05, 0) is 31.0 Å². The highest BCUT2D eigenvalue weighted by Gasteiger charge is 2.08. The maximum atomic E-state index is 12.1. The maximum Gasteiger partial charge on any atom is 0.251 e. The first-order valence-electron chi connectivity index (χ1n) is 7.07. The topological polar surface area (TPSA) is 84.1 Å². The van der Waals surface area contributed by atoms with Gasteiger partial charge in [-0.3, -0.25) is 9.59 Å². The Kier molecular flexibility index (Phi) is 5.95. The van der Waals surface area contributed by atoms with E-state index in [1.807, 2.05) is 32.0 Å². The molecular formula is C16H19N3O3S. The molecule has 1 aromatic carbocycles. The number of ether oxygens (including phenoxy) is 1. The Morgan fingerprint density at radius 2 is 2.13 bits per heavy atom. The first-order valence-corrected chi connectivity index (χ1v) is 8.05. The number of thioether (sulfide) groups is 1. The van der Waals surface area contributed by atoms with Crippen LogP contribution < -0.4 is 10.9 Å². The summed E-state index contributed by atoms with van der Waals surface area (Å²) in [6, 6.07) is 7.27. The number of carbonyl (C=O) groups is 1. The minimum absolute atomic E-state index is 0.150. The number of methoxy groups -OCH3 is 1. The first kappa shape index (κ1) is 17.2. The number of benzene rings is 1. The number of anilines is 1. The standard InChI is InChI=1S/C16H19N3O3S/c1-10-4-5-11(2)13(6-10)18-15(21)9-23-16-17-12(8-22-3)7-14(20)19-16/h4-7H,8-9H2,1-3H3,(H,18,21)(H,17,19,20). The van der Waals surface area contributed by atoms with Crippen molar-refractivity contribution in [1.29, 1.82) is 0 Å². The molecule has 2 rings (SSSR count). The molecule has 2 N–H and O–H groups in total. The molecule has 0 aliphatic carbocycles. The van der Waals surface area contributed by atoms with E-state index in [2.05, 4.69) is 15.3 Å². The van der Waals surface area contributed by atoms with Crippen molar-refractivity contribution in [3.63, 3.8) is 0 Å². The number of hydrogen-bond donors (Lipinski definition) is 2. The Balaban J connectivity index is 1.99. The maximum absolute atomic E-state index is 12.1. The van der Waals surface area contributed by atoms with E-state index in [-0.39, 0.29) is 23.8 Å². The minimum Gasteiger partial charge on any atom is -0.378 e. The van der Waals surface area contributed by atoms with E-state index in [1.54, 1.807) is 0 Å². The molecule has 0 saturated carbocycles. The molecule has 0 saturated heterocycles. The quantitative estimate of drug-likeness (QED) is 0.626. The zero-order chi connectivity index (χ0) is 16.8. The van der Waals surface area contributed by atoms with Gasteiger partial charge in [-0.2, -0.15) is 0 Å². The zero-order valence-corrected chi connectivity index (χ0v) is 14.1. The van der Waals surface area contributed by atoms with Gasteiger partial charge < -0.3 is 15.0 Å². The predicted octanol–water partition coefficient (Wildman–Crippen LogP) is 2.26. The Morgan fingerprint density at radius 1 is 1.35 bits per heavy atom. The fourth-order valence-corrected chi connectivity index (χ4v) is 2.66. The summed E-state index contributed by atoms with van der Waals surface area (Å²) in [5.74, 6) is 0.00994. The minimum atomic E-state index is -0.260. The molecule has 2 aromatic rings. The second-order valence-electron chi connectivity index (χ2n) is 5.13. The summed E-state index contributed by atoms with van der Waals surface area (Å²) < 4.78 is 4.96. The Labute approximate surface area is 138 Å². The van der Waals surface area contributed by atoms with Crippen LogP contribution in [-0.2, 0) is 16.1 Å². The molecule has 0 aliphatic heterocycles. The van der Waals surface area contributed by atoms with Crippen LogP contribution in [0.15, 0.2) is 34.2 Å². The van der Waals surface area contributed by atoms with Crippen LogP contribution in [0.2, 0.25) is 0 Å². The number of aromatic amines is 1. The van der Waals surface area contributed by atoms with Crippen molar-refractivity contribution < 1.29 is 9.53 Å². The highest BCUT2D eigenvalue weighted by molar-refractivity contribution is 7.99. The smallest absolute Gasteiger partial charge is 0.251 e. The molecule has 7 heteroatoms. The number of rotatable bonds is 6. The van der Waals surface area contributed by atoms with Crippen LogP contribution in [0.25, 0.3) is 0 Å². The van der Waals surface area contributed by atoms with Gasteiger partial charge in [-0.1, -0.05) is 23.9 Å². The normalized spacial score (nSPS) is 10.6. The molecule has 0 fully saturated rings. The van der Waals surface area contributed by atoms with Crippen LogP contribution in [0.4, 0.5) is 5.69 Å². The van der Waals surface area contributed by atoms with Gasteiger partial charge in [0.1, 0.15) is 0 Å². The summed E-state index contributed by atoms with van der Waals surface area (Å²) in [6.45, 7) is 4.17. The molecule has 0 bridgehead atoms. The van der Waals surface area contributed by atoms with Gasteiger partial charge >= 0.3 is 0 Å². The van der Waals surface area contributed by atoms with E-state index in [0.717, 1.165) is 16.8 Å². The number of aryl methyl sites for hydroxylation is 2. The highest BCUT2D eigenvalue weighted by Crippen LogP contribution is 2.18. The van der Waals surface area contributed by atoms with Gasteiger partial charge in [-0.25, -0.2) is 4.98 Å². The molecule has 0 spiro atoms. The molecule has 122 valence electrons. The Hall–Kier alpha value is -2.12. The average molecular weight is 333 g/mol. The van der Waals surface area contributed by atoms with E-state index in [0.29, 0.717) is 10.9 Å². The number of aromatic nitrogens is 2. The average Bonchev–Trinajstić information content (AvgIpc) is 2.49. The number of nitrogens with zero attached hydrogens (tertiary/aromatic N) is 1. The van der Waals surface area contributed by atoms with Crippen molar-refractivity contribution in [3.8, 4) is 0 Å². The molecule has 1 amide bonds. The number of nitrogens with one attached hydrogen (secondary N) is 2. The molecule has 1 heterocycles. The van der Waals surface area contributed by atoms with Gasteiger partial charge in [-0.15, -0.1) is 0 Å². The SMILES string of the molecule is COCc1cc(=O)[nH]c(SCC(=O)Nc2cc(C)ccc2C)n1. The summed E-state index contributed by atoms with van der Waals surface area (Å²) in [7, 11) is 1.54. The van der Waals surface area contributed by atoms with E-state index >= 15 is 0 Å². The molecule has 0 aliphatic rings. The van der Waals surface area contributed by atoms with E-state index < -0.39 is 0 Å². The second-order valence-corrected chi connectivity index (χ2v) is 6.09. The number of carbonyl (C=O) groups excluding carboxylic acids is 1. The van der Waals surface area contributed by atoms with Crippen molar-refractivity contribution in [1.82, 2.24) is 9.97 Å². The van der Waals surface area contributed by atoms with Crippen molar-refractivity contribution in [2.24, 2.45) is 0 Å². The highest BCUT2D eigenvalue weighted by atomic mass is 32.2. The molecule has 0 atom stereocenters. The zero-order valence-electron chi connectivity index (χ0n) is 13.3. The lowest BCUT2D eigenvalue weighted by atomic mass is 10.1. The van der Waals surface area contributed by atoms with Crippen molar-refractivity contribution in [2.75, 3.05) is 18.2 Å². The fourth-order valence-electron chi connectivity index (χ4n) is 1.96. The lowest BCUT2D eigenvalue weighted by Crippen LogP contribution is -2.16. The molecule has 0 radical (unpaired) electrons. The first-order chi connectivity index (χ1) is 11.0. The van der Waals surface area contributed by atoms with Crippen LogP contribution in [0.3, 0.4) is 0 Å². The summed E-state index contributed by atoms with van der Waals surface area (Å²) in [5, 5.41) is 3.27. The number of hydrogen-bond acceptors (Lipinski definition) is 5. The predicted molar refractivity (Wildman–Crippen MR) is 90.8 cm³/mol. The van der Waals surface area contributed by atoms with Gasteiger partial charge in [0, 0.05) is 18.9 Å². The van der Waals surface area contributed by atoms with Crippen LogP contribution in [0.1, 0.15) is 16.8 Å². The van der Waals surface area contributed by atoms with E-state index in [1.165, 1.54) is 24.9 Å². The van der Waals surface area contributed by atoms with Gasteiger partial charge in [0.25, 0.3) is 5.56 Å². The van der Waals surface area contributed by atoms with Gasteiger partial charge in [0.2, 0.25) is 5.91 Å². The third-order valence-electron chi connectivity index (χ3n) is 3.07. The Bertz CT molecular complexity index is 758. The fraction of sp³-hybridized carbons (Fsp3) is 0.312. The van der Waals surface area contributed by atoms with Crippen molar-refractivity contribution in [2.45, 2.75) is 25.6 Å². The lowest BCUT2D eigenvalue weighted by Gasteiger charge is -2.09. The van der Waals surface area contributed by atoms with Crippen LogP contribution in [0, 0.1) is 13.8 Å². The van der Waals surface area contributed by atoms with E-state index in [4.69, 9.17) is 4.74 Å². The van der Waals surface area contributed by atoms with Crippen LogP contribution >= 0.6 is 11.8 Å². The van der Waals surface area contributed by atoms with Gasteiger partial charge in [0.05, 0.1) is 18.1 Å². The van der Waals surface area contributed by atoms with Crippen LogP contribution in [0.5, 0.6) is 0 Å². The monoisotopic (exact) mass is 333 g/mol. The third-order valence-corrected chi connectivity index (χ3v) is 3.95. The molecule has 6 nitrogen and oxygen atoms in total. The molecule has 0 unspecified atom stereocenters. The van der Waals surface area contributed by atoms with E-state index in [9.17, 15) is 9.59 Å². The summed E-state index contributed by atoms with van der Waals surface area (Å²) in [4.78, 5) is 30.5. The summed E-state index contributed by atoms with van der Waals surface area (Å²) in [5.41, 5.74) is 3.16. The number of H-pyrrole nitrogens is 1. The van der Waals surface area contributed by atoms with Gasteiger partial charge in [0.15, 0.2) is 5.16 Å². The third kappa shape index (κ3) is 5.22. The summed E-state index contributed by atoms with van der Waals surface area (Å²) in [6.07, 6.45) is 0. The molecule has 23 heavy (non-hydrogen) atoms. The Morgan fingerprint density at radius 3 is 2.87 bits per heavy atom. The largest absolute Gasteiger partial charge is 0.378 e. The number of amides is 1. The van der Waals surface area contributed by atoms with Crippen molar-refractivity contribution >= 4 is 23.4 Å². The van der Waals surface area contributed by atoms with Crippen LogP contribution in [-0.4, -0.2) is 28.7 Å².